The van der Waals surface area contributed by atoms with Crippen LogP contribution in [0.15, 0.2) is 64.9 Å². The van der Waals surface area contributed by atoms with E-state index in [-0.39, 0.29) is 10.8 Å². The highest BCUT2D eigenvalue weighted by molar-refractivity contribution is 7.92. The molecule has 4 rings (SSSR count). The Bertz CT molecular complexity index is 1140. The van der Waals surface area contributed by atoms with Crippen LogP contribution in [0.5, 0.6) is 11.5 Å². The van der Waals surface area contributed by atoms with Gasteiger partial charge in [-0.05, 0) is 48.2 Å². The summed E-state index contributed by atoms with van der Waals surface area (Å²) in [4.78, 5) is 13.7. The lowest BCUT2D eigenvalue weighted by molar-refractivity contribution is 0.0954. The smallest absolute Gasteiger partial charge is 0.262 e. The first-order chi connectivity index (χ1) is 14.5. The fraction of sp³-hybridized carbons (Fsp3) is 0.190. The van der Waals surface area contributed by atoms with Crippen molar-refractivity contribution in [2.24, 2.45) is 0 Å². The van der Waals surface area contributed by atoms with Gasteiger partial charge in [0.1, 0.15) is 13.2 Å². The number of amides is 1. The Morgan fingerprint density at radius 2 is 1.83 bits per heavy atom. The van der Waals surface area contributed by atoms with Crippen molar-refractivity contribution in [1.82, 2.24) is 5.32 Å². The number of carbonyl (C=O) groups excluding carboxylic acids is 1. The van der Waals surface area contributed by atoms with Crippen molar-refractivity contribution in [2.45, 2.75) is 11.3 Å². The van der Waals surface area contributed by atoms with Gasteiger partial charge in [-0.25, -0.2) is 8.42 Å². The fourth-order valence-corrected chi connectivity index (χ4v) is 4.76. The summed E-state index contributed by atoms with van der Waals surface area (Å²) in [5.74, 6) is 0.649. The number of nitrogens with one attached hydrogen (secondary N) is 2. The number of sulfonamides is 1. The van der Waals surface area contributed by atoms with E-state index >= 15 is 0 Å². The van der Waals surface area contributed by atoms with E-state index in [0.717, 1.165) is 6.42 Å². The lowest BCUT2D eigenvalue weighted by Gasteiger charge is -2.19. The van der Waals surface area contributed by atoms with Crippen LogP contribution in [0.2, 0.25) is 0 Å². The first kappa shape index (κ1) is 20.2. The molecule has 2 heterocycles. The number of benzene rings is 2. The van der Waals surface area contributed by atoms with Gasteiger partial charge in [-0.2, -0.15) is 0 Å². The minimum absolute atomic E-state index is 0.0533. The summed E-state index contributed by atoms with van der Waals surface area (Å²) in [7, 11) is -3.85. The molecule has 156 valence electrons. The molecule has 0 fully saturated rings. The Morgan fingerprint density at radius 3 is 2.63 bits per heavy atom. The first-order valence-corrected chi connectivity index (χ1v) is 11.7. The fourth-order valence-electron chi connectivity index (χ4n) is 2.98. The quantitative estimate of drug-likeness (QED) is 0.583. The van der Waals surface area contributed by atoms with E-state index in [2.05, 4.69) is 10.0 Å². The largest absolute Gasteiger partial charge is 0.486 e. The zero-order valence-electron chi connectivity index (χ0n) is 16.0. The molecule has 0 atom stereocenters. The highest BCUT2D eigenvalue weighted by atomic mass is 32.2. The third kappa shape index (κ3) is 4.74. The molecule has 1 aromatic heterocycles. The second-order valence-electron chi connectivity index (χ2n) is 6.58. The van der Waals surface area contributed by atoms with Gasteiger partial charge in [0.15, 0.2) is 11.5 Å². The molecule has 2 aromatic carbocycles. The standard InChI is InChI=1S/C21H20N2O5S2/c24-21(22-9-8-17-5-2-12-29-17)15-3-1-4-16(13-15)23-30(25,26)18-6-7-19-20(14-18)28-11-10-27-19/h1-7,12-14,23H,8-11H2,(H,22,24). The monoisotopic (exact) mass is 444 g/mol. The molecule has 30 heavy (non-hydrogen) atoms. The van der Waals surface area contributed by atoms with Crippen molar-refractivity contribution in [3.05, 3.63) is 70.4 Å². The van der Waals surface area contributed by atoms with Gasteiger partial charge in [-0.1, -0.05) is 12.1 Å². The van der Waals surface area contributed by atoms with E-state index in [1.54, 1.807) is 35.6 Å². The average molecular weight is 445 g/mol. The lowest BCUT2D eigenvalue weighted by atomic mass is 10.2. The summed E-state index contributed by atoms with van der Waals surface area (Å²) in [6.07, 6.45) is 0.750. The third-order valence-corrected chi connectivity index (χ3v) is 6.75. The SMILES string of the molecule is O=C(NCCc1cccs1)c1cccc(NS(=O)(=O)c2ccc3c(c2)OCCO3)c1. The average Bonchev–Trinajstić information content (AvgIpc) is 3.27. The van der Waals surface area contributed by atoms with Gasteiger partial charge in [0.25, 0.3) is 15.9 Å². The molecule has 1 aliphatic rings. The number of carbonyl (C=O) groups is 1. The van der Waals surface area contributed by atoms with Gasteiger partial charge in [-0.15, -0.1) is 11.3 Å². The first-order valence-electron chi connectivity index (χ1n) is 9.34. The van der Waals surface area contributed by atoms with E-state index in [1.807, 2.05) is 17.5 Å². The lowest BCUT2D eigenvalue weighted by Crippen LogP contribution is -2.25. The van der Waals surface area contributed by atoms with Crippen LogP contribution in [0.4, 0.5) is 5.69 Å². The van der Waals surface area contributed by atoms with Crippen molar-refractivity contribution < 1.29 is 22.7 Å². The molecule has 0 bridgehead atoms. The predicted molar refractivity (Wildman–Crippen MR) is 115 cm³/mol. The number of thiophene rings is 1. The minimum Gasteiger partial charge on any atom is -0.486 e. The molecule has 0 radical (unpaired) electrons. The van der Waals surface area contributed by atoms with Crippen LogP contribution >= 0.6 is 11.3 Å². The molecule has 2 N–H and O–H groups in total. The molecular formula is C21H20N2O5S2. The second-order valence-corrected chi connectivity index (χ2v) is 9.29. The molecule has 7 nitrogen and oxygen atoms in total. The zero-order chi connectivity index (χ0) is 21.0. The summed E-state index contributed by atoms with van der Waals surface area (Å²) < 4.78 is 38.9. The number of hydrogen-bond acceptors (Lipinski definition) is 6. The molecule has 1 amide bonds. The van der Waals surface area contributed by atoms with Crippen molar-refractivity contribution >= 4 is 33.0 Å². The predicted octanol–water partition coefficient (Wildman–Crippen LogP) is 3.29. The van der Waals surface area contributed by atoms with Crippen LogP contribution in [-0.4, -0.2) is 34.1 Å². The zero-order valence-corrected chi connectivity index (χ0v) is 17.6. The highest BCUT2D eigenvalue weighted by Crippen LogP contribution is 2.32. The van der Waals surface area contributed by atoms with Gasteiger partial charge in [0.05, 0.1) is 4.90 Å². The van der Waals surface area contributed by atoms with Crippen LogP contribution < -0.4 is 19.5 Å². The van der Waals surface area contributed by atoms with Gasteiger partial charge in [0.2, 0.25) is 0 Å². The normalized spacial score (nSPS) is 12.9. The van der Waals surface area contributed by atoms with Crippen LogP contribution in [0, 0.1) is 0 Å². The second kappa shape index (κ2) is 8.76. The maximum absolute atomic E-state index is 12.8. The number of fused-ring (bicyclic) bond motifs is 1. The topological polar surface area (TPSA) is 93.7 Å². The number of hydrogen-bond donors (Lipinski definition) is 2. The molecular weight excluding hydrogens is 424 g/mol. The van der Waals surface area contributed by atoms with E-state index < -0.39 is 10.0 Å². The summed E-state index contributed by atoms with van der Waals surface area (Å²) in [5, 5.41) is 4.85. The van der Waals surface area contributed by atoms with Gasteiger partial charge in [-0.3, -0.25) is 9.52 Å². The molecule has 9 heteroatoms. The Morgan fingerprint density at radius 1 is 1.00 bits per heavy atom. The van der Waals surface area contributed by atoms with Gasteiger partial charge < -0.3 is 14.8 Å². The maximum atomic E-state index is 12.8. The summed E-state index contributed by atoms with van der Waals surface area (Å²) >= 11 is 1.64. The van der Waals surface area contributed by atoms with E-state index in [4.69, 9.17) is 9.47 Å². The Kier molecular flexibility index (Phi) is 5.91. The van der Waals surface area contributed by atoms with Crippen molar-refractivity contribution in [3.8, 4) is 11.5 Å². The van der Waals surface area contributed by atoms with Crippen molar-refractivity contribution in [3.63, 3.8) is 0 Å². The van der Waals surface area contributed by atoms with Gasteiger partial charge in [0, 0.05) is 28.7 Å². The van der Waals surface area contributed by atoms with Crippen LogP contribution in [0.25, 0.3) is 0 Å². The van der Waals surface area contributed by atoms with Crippen LogP contribution in [-0.2, 0) is 16.4 Å². The molecule has 0 spiro atoms. The number of ether oxygens (including phenoxy) is 2. The number of rotatable bonds is 7. The molecule has 0 aliphatic carbocycles. The van der Waals surface area contributed by atoms with E-state index in [9.17, 15) is 13.2 Å². The molecule has 0 unspecified atom stereocenters. The Balaban J connectivity index is 1.43. The summed E-state index contributed by atoms with van der Waals surface area (Å²) in [6, 6.07) is 14.8. The van der Waals surface area contributed by atoms with Crippen molar-refractivity contribution in [1.29, 1.82) is 0 Å². The summed E-state index contributed by atoms with van der Waals surface area (Å²) in [6.45, 7) is 1.31. The van der Waals surface area contributed by atoms with E-state index in [1.165, 1.54) is 23.1 Å². The maximum Gasteiger partial charge on any atom is 0.262 e. The Labute approximate surface area is 178 Å². The van der Waals surface area contributed by atoms with E-state index in [0.29, 0.717) is 42.5 Å². The molecule has 0 saturated carbocycles. The Hall–Kier alpha value is -3.04. The van der Waals surface area contributed by atoms with Crippen molar-refractivity contribution in [2.75, 3.05) is 24.5 Å². The highest BCUT2D eigenvalue weighted by Gasteiger charge is 2.20. The van der Waals surface area contributed by atoms with Crippen LogP contribution in [0.1, 0.15) is 15.2 Å². The van der Waals surface area contributed by atoms with Crippen LogP contribution in [0.3, 0.4) is 0 Å². The number of anilines is 1. The molecule has 1 aliphatic heterocycles. The minimum atomic E-state index is -3.85. The molecule has 0 saturated heterocycles. The molecule has 3 aromatic rings. The third-order valence-electron chi connectivity index (χ3n) is 4.44. The summed E-state index contributed by atoms with van der Waals surface area (Å²) in [5.41, 5.74) is 0.680. The van der Waals surface area contributed by atoms with Gasteiger partial charge >= 0.3 is 0 Å².